The molecule has 0 saturated carbocycles. The Labute approximate surface area is 51.7 Å². The van der Waals surface area contributed by atoms with Crippen molar-refractivity contribution < 1.29 is 0 Å². The van der Waals surface area contributed by atoms with Gasteiger partial charge in [-0.05, 0) is 5.41 Å². The molecule has 0 aromatic rings. The van der Waals surface area contributed by atoms with Crippen molar-refractivity contribution >= 4 is 18.8 Å². The Balaban J connectivity index is 3.15. The summed E-state index contributed by atoms with van der Waals surface area (Å²) in [5.41, 5.74) is 0.514. The van der Waals surface area contributed by atoms with Crippen molar-refractivity contribution in [2.24, 2.45) is 5.41 Å². The van der Waals surface area contributed by atoms with Gasteiger partial charge in [-0.1, -0.05) is 26.8 Å². The van der Waals surface area contributed by atoms with Crippen LogP contribution < -0.4 is 0 Å². The van der Waals surface area contributed by atoms with Crippen LogP contribution in [-0.2, 0) is 0 Å². The van der Waals surface area contributed by atoms with Gasteiger partial charge in [-0.3, -0.25) is 0 Å². The van der Waals surface area contributed by atoms with E-state index in [1.165, 1.54) is 6.04 Å². The molecule has 0 amide bonds. The first-order valence-electron chi connectivity index (χ1n) is 2.46. The summed E-state index contributed by atoms with van der Waals surface area (Å²) in [4.78, 5) is 0. The first-order chi connectivity index (χ1) is 3.06. The zero-order chi connectivity index (χ0) is 5.91. The van der Waals surface area contributed by atoms with Crippen LogP contribution in [0, 0.1) is 5.41 Å². The molecule has 0 atom stereocenters. The van der Waals surface area contributed by atoms with Crippen molar-refractivity contribution in [1.82, 2.24) is 0 Å². The molecule has 0 aromatic heterocycles. The Morgan fingerprint density at radius 3 is 1.86 bits per heavy atom. The zero-order valence-electron chi connectivity index (χ0n) is 5.21. The van der Waals surface area contributed by atoms with E-state index in [0.717, 1.165) is 9.04 Å². The number of hydrogen-bond acceptors (Lipinski definition) is 0. The normalized spacial score (nSPS) is 12.0. The van der Waals surface area contributed by atoms with Crippen LogP contribution in [-0.4, -0.2) is 18.8 Å². The minimum atomic E-state index is 0.514. The van der Waals surface area contributed by atoms with E-state index < -0.39 is 0 Å². The van der Waals surface area contributed by atoms with Crippen molar-refractivity contribution in [3.05, 3.63) is 0 Å². The van der Waals surface area contributed by atoms with Gasteiger partial charge in [-0.2, -0.15) is 0 Å². The summed E-state index contributed by atoms with van der Waals surface area (Å²) < 4.78 is 0. The maximum absolute atomic E-state index is 3.46. The summed E-state index contributed by atoms with van der Waals surface area (Å²) in [6, 6.07) is 1.28. The highest BCUT2D eigenvalue weighted by Crippen LogP contribution is 2.16. The quantitative estimate of drug-likeness (QED) is 0.465. The first kappa shape index (κ1) is 7.43. The van der Waals surface area contributed by atoms with Gasteiger partial charge in [0.05, 0.1) is 0 Å². The summed E-state index contributed by atoms with van der Waals surface area (Å²) in [5.74, 6) is 0. The van der Waals surface area contributed by atoms with E-state index in [9.17, 15) is 0 Å². The monoisotopic (exact) mass is 127 g/mol. The van der Waals surface area contributed by atoms with Crippen molar-refractivity contribution in [3.8, 4) is 0 Å². The Kier molecular flexibility index (Phi) is 2.84. The standard InChI is InChI=1S/C5H11Si2/c1-5(2,3)4-7-6/h4H2,1-3H3. The molecule has 39 valence electrons. The summed E-state index contributed by atoms with van der Waals surface area (Å²) in [5, 5.41) is 0. The van der Waals surface area contributed by atoms with Crippen LogP contribution in [0.3, 0.4) is 0 Å². The molecule has 0 N–H and O–H groups in total. The third-order valence-corrected chi connectivity index (χ3v) is 2.39. The van der Waals surface area contributed by atoms with Crippen molar-refractivity contribution in [2.45, 2.75) is 26.8 Å². The fraction of sp³-hybridized carbons (Fsp3) is 1.00. The highest BCUT2D eigenvalue weighted by molar-refractivity contribution is 6.89. The Bertz CT molecular complexity index is 44.5. The minimum absolute atomic E-state index is 0.514. The van der Waals surface area contributed by atoms with Crippen LogP contribution in [0.2, 0.25) is 6.04 Å². The molecule has 0 unspecified atom stereocenters. The van der Waals surface area contributed by atoms with Crippen molar-refractivity contribution in [1.29, 1.82) is 0 Å². The smallest absolute Gasteiger partial charge is 0.0186 e. The van der Waals surface area contributed by atoms with E-state index in [4.69, 9.17) is 0 Å². The van der Waals surface area contributed by atoms with Gasteiger partial charge in [0.25, 0.3) is 0 Å². The van der Waals surface area contributed by atoms with Gasteiger partial charge in [0.2, 0.25) is 0 Å². The maximum atomic E-state index is 3.46. The second-order valence-electron chi connectivity index (χ2n) is 2.91. The lowest BCUT2D eigenvalue weighted by Crippen LogP contribution is -2.07. The fourth-order valence-electron chi connectivity index (χ4n) is 0.265. The molecular formula is C5H11Si2. The molecule has 0 aliphatic heterocycles. The largest absolute Gasteiger partial charge is 0.0605 e. The third kappa shape index (κ3) is 6.43. The Hall–Kier alpha value is 0.434. The minimum Gasteiger partial charge on any atom is -0.0605 e. The SMILES string of the molecule is CC(C)(C)C[Si][Si]. The molecule has 0 fully saturated rings. The van der Waals surface area contributed by atoms with E-state index in [2.05, 4.69) is 30.5 Å². The maximum Gasteiger partial charge on any atom is 0.0186 e. The van der Waals surface area contributed by atoms with Crippen molar-refractivity contribution in [2.75, 3.05) is 0 Å². The van der Waals surface area contributed by atoms with Gasteiger partial charge in [0.15, 0.2) is 0 Å². The van der Waals surface area contributed by atoms with E-state index >= 15 is 0 Å². The summed E-state index contributed by atoms with van der Waals surface area (Å²) in [7, 11) is 4.37. The molecule has 0 aliphatic carbocycles. The molecule has 0 aliphatic rings. The van der Waals surface area contributed by atoms with Crippen LogP contribution >= 0.6 is 0 Å². The van der Waals surface area contributed by atoms with Crippen LogP contribution in [0.4, 0.5) is 0 Å². The van der Waals surface area contributed by atoms with Gasteiger partial charge >= 0.3 is 0 Å². The summed E-state index contributed by atoms with van der Waals surface area (Å²) in [6.07, 6.45) is 0. The summed E-state index contributed by atoms with van der Waals surface area (Å²) in [6.45, 7) is 6.75. The van der Waals surface area contributed by atoms with E-state index in [0.29, 0.717) is 5.41 Å². The molecule has 7 heavy (non-hydrogen) atoms. The van der Waals surface area contributed by atoms with Gasteiger partial charge in [0, 0.05) is 18.8 Å². The van der Waals surface area contributed by atoms with Crippen LogP contribution in [0.1, 0.15) is 20.8 Å². The fourth-order valence-corrected chi connectivity index (χ4v) is 2.39. The average Bonchev–Trinajstić information content (AvgIpc) is 1.30. The van der Waals surface area contributed by atoms with Gasteiger partial charge < -0.3 is 0 Å². The summed E-state index contributed by atoms with van der Waals surface area (Å²) >= 11 is 0. The molecule has 0 heterocycles. The van der Waals surface area contributed by atoms with Crippen LogP contribution in [0.5, 0.6) is 0 Å². The number of rotatable bonds is 1. The Morgan fingerprint density at radius 2 is 1.86 bits per heavy atom. The molecule has 0 aromatic carbocycles. The molecule has 0 nitrogen and oxygen atoms in total. The highest BCUT2D eigenvalue weighted by atomic mass is 29.1. The van der Waals surface area contributed by atoms with Crippen molar-refractivity contribution in [3.63, 3.8) is 0 Å². The third-order valence-electron chi connectivity index (χ3n) is 0.619. The van der Waals surface area contributed by atoms with Crippen LogP contribution in [0.25, 0.3) is 0 Å². The second-order valence-corrected chi connectivity index (χ2v) is 4.68. The molecule has 0 spiro atoms. The van der Waals surface area contributed by atoms with E-state index in [1.54, 1.807) is 0 Å². The topological polar surface area (TPSA) is 0 Å². The lowest BCUT2D eigenvalue weighted by molar-refractivity contribution is 0.468. The molecule has 0 bridgehead atoms. The lowest BCUT2D eigenvalue weighted by atomic mass is 10.0. The molecule has 2 heteroatoms. The second kappa shape index (κ2) is 2.67. The van der Waals surface area contributed by atoms with Gasteiger partial charge in [-0.15, -0.1) is 0 Å². The zero-order valence-corrected chi connectivity index (χ0v) is 7.21. The molecule has 5 radical (unpaired) electrons. The lowest BCUT2D eigenvalue weighted by Gasteiger charge is -2.15. The van der Waals surface area contributed by atoms with Gasteiger partial charge in [-0.25, -0.2) is 0 Å². The van der Waals surface area contributed by atoms with Crippen LogP contribution in [0.15, 0.2) is 0 Å². The average molecular weight is 127 g/mol. The molecule has 0 rings (SSSR count). The van der Waals surface area contributed by atoms with E-state index in [1.807, 2.05) is 0 Å². The molecular weight excluding hydrogens is 116 g/mol. The van der Waals surface area contributed by atoms with Gasteiger partial charge in [0.1, 0.15) is 0 Å². The Morgan fingerprint density at radius 1 is 1.43 bits per heavy atom. The number of hydrogen-bond donors (Lipinski definition) is 0. The highest BCUT2D eigenvalue weighted by Gasteiger charge is 2.06. The van der Waals surface area contributed by atoms with E-state index in [-0.39, 0.29) is 0 Å². The first-order valence-corrected chi connectivity index (χ1v) is 5.16. The predicted molar refractivity (Wildman–Crippen MR) is 35.8 cm³/mol. The predicted octanol–water partition coefficient (Wildman–Crippen LogP) is 1.24. The molecule has 0 saturated heterocycles.